The van der Waals surface area contributed by atoms with Gasteiger partial charge < -0.3 is 14.3 Å². The third kappa shape index (κ3) is 4.34. The third-order valence-corrected chi connectivity index (χ3v) is 2.82. The van der Waals surface area contributed by atoms with Crippen LogP contribution in [-0.4, -0.2) is 19.5 Å². The van der Waals surface area contributed by atoms with E-state index in [1.54, 1.807) is 13.2 Å². The Balaban J connectivity index is 2.54. The minimum atomic E-state index is -0.124. The standard InChI is InChI=1S/C15H20O3/c1-4-5-15(12(2)10-16)18-11-13-6-8-14(17-3)9-7-13/h4,6-10,12,15H,1,5,11H2,2-3H3/t12-,15+/m0/s1. The van der Waals surface area contributed by atoms with Gasteiger partial charge in [-0.25, -0.2) is 0 Å². The summed E-state index contributed by atoms with van der Waals surface area (Å²) in [6, 6.07) is 7.69. The molecule has 0 radical (unpaired) electrons. The fourth-order valence-electron chi connectivity index (χ4n) is 1.61. The van der Waals surface area contributed by atoms with Crippen molar-refractivity contribution in [3.8, 4) is 5.75 Å². The molecule has 1 aromatic rings. The fraction of sp³-hybridized carbons (Fsp3) is 0.400. The van der Waals surface area contributed by atoms with Crippen LogP contribution in [0.5, 0.6) is 5.75 Å². The Morgan fingerprint density at radius 2 is 2.00 bits per heavy atom. The van der Waals surface area contributed by atoms with Crippen LogP contribution in [0.25, 0.3) is 0 Å². The zero-order valence-corrected chi connectivity index (χ0v) is 11.0. The number of carbonyl (C=O) groups excluding carboxylic acids is 1. The van der Waals surface area contributed by atoms with Crippen molar-refractivity contribution in [2.24, 2.45) is 5.92 Å². The average Bonchev–Trinajstić information content (AvgIpc) is 2.43. The third-order valence-electron chi connectivity index (χ3n) is 2.82. The summed E-state index contributed by atoms with van der Waals surface area (Å²) in [7, 11) is 1.64. The summed E-state index contributed by atoms with van der Waals surface area (Å²) in [6.45, 7) is 6.03. The maximum absolute atomic E-state index is 10.8. The van der Waals surface area contributed by atoms with E-state index in [2.05, 4.69) is 6.58 Å². The van der Waals surface area contributed by atoms with Crippen molar-refractivity contribution in [2.75, 3.05) is 7.11 Å². The quantitative estimate of drug-likeness (QED) is 0.524. The second-order valence-electron chi connectivity index (χ2n) is 4.22. The van der Waals surface area contributed by atoms with Gasteiger partial charge in [0.1, 0.15) is 12.0 Å². The van der Waals surface area contributed by atoms with Crippen molar-refractivity contribution >= 4 is 6.29 Å². The van der Waals surface area contributed by atoms with Crippen LogP contribution in [0.15, 0.2) is 36.9 Å². The molecule has 0 spiro atoms. The molecule has 3 nitrogen and oxygen atoms in total. The molecule has 1 rings (SSSR count). The van der Waals surface area contributed by atoms with E-state index >= 15 is 0 Å². The molecule has 0 aliphatic rings. The number of rotatable bonds is 8. The highest BCUT2D eigenvalue weighted by Gasteiger charge is 2.15. The lowest BCUT2D eigenvalue weighted by molar-refractivity contribution is -0.115. The molecule has 3 heteroatoms. The minimum Gasteiger partial charge on any atom is -0.497 e. The van der Waals surface area contributed by atoms with Crippen LogP contribution in [0, 0.1) is 5.92 Å². The molecular formula is C15H20O3. The van der Waals surface area contributed by atoms with Crippen molar-refractivity contribution in [1.29, 1.82) is 0 Å². The Hall–Kier alpha value is -1.61. The Morgan fingerprint density at radius 3 is 2.50 bits per heavy atom. The van der Waals surface area contributed by atoms with Gasteiger partial charge in [0.2, 0.25) is 0 Å². The van der Waals surface area contributed by atoms with E-state index in [0.717, 1.165) is 17.6 Å². The van der Waals surface area contributed by atoms with Crippen molar-refractivity contribution in [2.45, 2.75) is 26.1 Å². The van der Waals surface area contributed by atoms with Crippen LogP contribution in [0.4, 0.5) is 0 Å². The highest BCUT2D eigenvalue weighted by atomic mass is 16.5. The van der Waals surface area contributed by atoms with Gasteiger partial charge in [0.15, 0.2) is 0 Å². The summed E-state index contributed by atoms with van der Waals surface area (Å²) >= 11 is 0. The molecule has 0 saturated carbocycles. The number of ether oxygens (including phenoxy) is 2. The van der Waals surface area contributed by atoms with E-state index < -0.39 is 0 Å². The number of hydrogen-bond donors (Lipinski definition) is 0. The van der Waals surface area contributed by atoms with Gasteiger partial charge in [-0.3, -0.25) is 0 Å². The van der Waals surface area contributed by atoms with Gasteiger partial charge in [0.05, 0.1) is 19.8 Å². The number of benzene rings is 1. The summed E-state index contributed by atoms with van der Waals surface area (Å²) in [5.74, 6) is 0.698. The van der Waals surface area contributed by atoms with Crippen LogP contribution in [0.2, 0.25) is 0 Å². The van der Waals surface area contributed by atoms with Gasteiger partial charge in [-0.05, 0) is 24.1 Å². The SMILES string of the molecule is C=CC[C@@H](OCc1ccc(OC)cc1)[C@@H](C)C=O. The van der Waals surface area contributed by atoms with Crippen LogP contribution in [0.3, 0.4) is 0 Å². The first-order chi connectivity index (χ1) is 8.71. The summed E-state index contributed by atoms with van der Waals surface area (Å²) in [4.78, 5) is 10.8. The molecule has 0 saturated heterocycles. The van der Waals surface area contributed by atoms with E-state index in [0.29, 0.717) is 13.0 Å². The summed E-state index contributed by atoms with van der Waals surface area (Å²) < 4.78 is 10.8. The summed E-state index contributed by atoms with van der Waals surface area (Å²) in [5, 5.41) is 0. The van der Waals surface area contributed by atoms with Crippen molar-refractivity contribution in [3.05, 3.63) is 42.5 Å². The number of carbonyl (C=O) groups is 1. The number of hydrogen-bond acceptors (Lipinski definition) is 3. The summed E-state index contributed by atoms with van der Waals surface area (Å²) in [5.41, 5.74) is 1.06. The first-order valence-electron chi connectivity index (χ1n) is 6.02. The van der Waals surface area contributed by atoms with Gasteiger partial charge >= 0.3 is 0 Å². The summed E-state index contributed by atoms with van der Waals surface area (Å²) in [6.07, 6.45) is 3.26. The van der Waals surface area contributed by atoms with Crippen molar-refractivity contribution in [1.82, 2.24) is 0 Å². The van der Waals surface area contributed by atoms with Crippen LogP contribution < -0.4 is 4.74 Å². The smallest absolute Gasteiger partial charge is 0.125 e. The zero-order chi connectivity index (χ0) is 13.4. The molecule has 0 unspecified atom stereocenters. The van der Waals surface area contributed by atoms with Gasteiger partial charge in [0, 0.05) is 5.92 Å². The first kappa shape index (κ1) is 14.5. The second-order valence-corrected chi connectivity index (χ2v) is 4.22. The molecule has 0 heterocycles. The molecule has 2 atom stereocenters. The predicted octanol–water partition coefficient (Wildman–Crippen LogP) is 2.99. The molecule has 0 aliphatic heterocycles. The monoisotopic (exact) mass is 248 g/mol. The van der Waals surface area contributed by atoms with E-state index in [1.165, 1.54) is 0 Å². The lowest BCUT2D eigenvalue weighted by Crippen LogP contribution is -2.22. The van der Waals surface area contributed by atoms with Gasteiger partial charge in [0.25, 0.3) is 0 Å². The van der Waals surface area contributed by atoms with Gasteiger partial charge in [-0.1, -0.05) is 25.1 Å². The molecule has 0 bridgehead atoms. The molecule has 0 aliphatic carbocycles. The van der Waals surface area contributed by atoms with Crippen LogP contribution in [-0.2, 0) is 16.1 Å². The maximum atomic E-state index is 10.8. The lowest BCUT2D eigenvalue weighted by atomic mass is 10.0. The Kier molecular flexibility index (Phi) is 6.15. The maximum Gasteiger partial charge on any atom is 0.125 e. The van der Waals surface area contributed by atoms with E-state index in [9.17, 15) is 4.79 Å². The van der Waals surface area contributed by atoms with E-state index in [-0.39, 0.29) is 12.0 Å². The van der Waals surface area contributed by atoms with E-state index in [1.807, 2.05) is 31.2 Å². The predicted molar refractivity (Wildman–Crippen MR) is 71.6 cm³/mol. The largest absolute Gasteiger partial charge is 0.497 e. The normalized spacial score (nSPS) is 13.7. The molecular weight excluding hydrogens is 228 g/mol. The van der Waals surface area contributed by atoms with E-state index in [4.69, 9.17) is 9.47 Å². The topological polar surface area (TPSA) is 35.5 Å². The van der Waals surface area contributed by atoms with Crippen molar-refractivity contribution < 1.29 is 14.3 Å². The molecule has 1 aromatic carbocycles. The molecule has 0 aromatic heterocycles. The Morgan fingerprint density at radius 1 is 1.33 bits per heavy atom. The van der Waals surface area contributed by atoms with Gasteiger partial charge in [-0.2, -0.15) is 0 Å². The minimum absolute atomic E-state index is 0.109. The van der Waals surface area contributed by atoms with Crippen LogP contribution in [0.1, 0.15) is 18.9 Å². The molecule has 0 N–H and O–H groups in total. The first-order valence-corrected chi connectivity index (χ1v) is 6.02. The number of methoxy groups -OCH3 is 1. The molecule has 18 heavy (non-hydrogen) atoms. The zero-order valence-electron chi connectivity index (χ0n) is 11.0. The Labute approximate surface area is 108 Å². The van der Waals surface area contributed by atoms with Crippen LogP contribution >= 0.6 is 0 Å². The molecule has 98 valence electrons. The fourth-order valence-corrected chi connectivity index (χ4v) is 1.61. The average molecular weight is 248 g/mol. The van der Waals surface area contributed by atoms with Crippen molar-refractivity contribution in [3.63, 3.8) is 0 Å². The Bertz CT molecular complexity index is 370. The lowest BCUT2D eigenvalue weighted by Gasteiger charge is -2.19. The molecule has 0 fully saturated rings. The highest BCUT2D eigenvalue weighted by Crippen LogP contribution is 2.16. The highest BCUT2D eigenvalue weighted by molar-refractivity contribution is 5.53. The second kappa shape index (κ2) is 7.67. The molecule has 0 amide bonds. The number of aldehydes is 1. The van der Waals surface area contributed by atoms with Gasteiger partial charge in [-0.15, -0.1) is 6.58 Å².